The van der Waals surface area contributed by atoms with Gasteiger partial charge in [-0.2, -0.15) is 36.3 Å². The molecule has 3 fully saturated rings. The van der Waals surface area contributed by atoms with Crippen molar-refractivity contribution in [2.75, 3.05) is 80.7 Å². The number of amides is 4. The van der Waals surface area contributed by atoms with E-state index in [1.165, 1.54) is 40.1 Å². The Morgan fingerprint density at radius 3 is 1.26 bits per heavy atom. The molecule has 5 aromatic carbocycles. The van der Waals surface area contributed by atoms with Gasteiger partial charge in [0.25, 0.3) is 0 Å². The van der Waals surface area contributed by atoms with Crippen LogP contribution in [0, 0.1) is 38.2 Å². The van der Waals surface area contributed by atoms with E-state index in [-0.39, 0.29) is 55.8 Å². The van der Waals surface area contributed by atoms with Gasteiger partial charge in [0.05, 0.1) is 49.6 Å². The van der Waals surface area contributed by atoms with Gasteiger partial charge in [-0.25, -0.2) is 57.6 Å². The van der Waals surface area contributed by atoms with E-state index in [9.17, 15) is 49.1 Å². The molecule has 0 spiro atoms. The molecule has 11 aromatic rings. The number of nitrogens with zero attached hydrogens (tertiary/aromatic N) is 13. The van der Waals surface area contributed by atoms with Crippen molar-refractivity contribution in [2.24, 2.45) is 0 Å². The first kappa shape index (κ1) is 81.4. The predicted molar refractivity (Wildman–Crippen MR) is 408 cm³/mol. The van der Waals surface area contributed by atoms with Gasteiger partial charge in [-0.05, 0) is 170 Å². The maximum absolute atomic E-state index is 14.8. The molecule has 3 aliphatic rings. The third-order valence-electron chi connectivity index (χ3n) is 18.9. The number of nitrogens with one attached hydrogen (secondary N) is 2. The number of aromatic nitrogens is 9. The number of carbonyl (C=O) groups excluding carboxylic acids is 2. The molecule has 2 atom stereocenters. The summed E-state index contributed by atoms with van der Waals surface area (Å²) in [5, 5.41) is 7.34. The van der Waals surface area contributed by atoms with Crippen molar-refractivity contribution in [2.45, 2.75) is 124 Å². The number of ether oxygens (including phenoxy) is 5. The van der Waals surface area contributed by atoms with Crippen molar-refractivity contribution in [3.05, 3.63) is 191 Å². The number of hydrogen-bond donors (Lipinski definition) is 3. The van der Waals surface area contributed by atoms with Crippen molar-refractivity contribution in [3.63, 3.8) is 0 Å². The molecule has 1 aliphatic carbocycles. The van der Waals surface area contributed by atoms with Crippen molar-refractivity contribution in [1.82, 2.24) is 54.7 Å². The number of rotatable bonds is 20. The third-order valence-corrected chi connectivity index (χ3v) is 18.9. The fraction of sp³-hybridized carbons (Fsp3) is 0.338. The molecule has 588 valence electrons. The lowest BCUT2D eigenvalue weighted by atomic mass is 10.0. The molecular weight excluding hydrogens is 1470 g/mol. The van der Waals surface area contributed by atoms with E-state index in [4.69, 9.17) is 15.2 Å². The largest absolute Gasteiger partial charge is 0.497 e. The Morgan fingerprint density at radius 2 is 0.866 bits per heavy atom. The van der Waals surface area contributed by atoms with Gasteiger partial charge in [0.15, 0.2) is 16.9 Å². The molecular formula is C80H83F9N16O7. The molecule has 6 aromatic heterocycles. The molecule has 8 heterocycles. The molecule has 112 heavy (non-hydrogen) atoms. The number of aryl methyl sites for hydroxylation is 4. The number of nitrogens with two attached hydrogens (primary N) is 1. The smallest absolute Gasteiger partial charge is 0.345 e. The van der Waals surface area contributed by atoms with Gasteiger partial charge >= 0.3 is 31.9 Å². The van der Waals surface area contributed by atoms with Gasteiger partial charge in [-0.1, -0.05) is 44.0 Å². The lowest BCUT2D eigenvalue weighted by Gasteiger charge is -2.19. The van der Waals surface area contributed by atoms with Crippen LogP contribution in [0.3, 0.4) is 0 Å². The Morgan fingerprint density at radius 1 is 0.491 bits per heavy atom. The topological polar surface area (TPSA) is 259 Å². The van der Waals surface area contributed by atoms with Crippen LogP contribution in [-0.4, -0.2) is 159 Å². The second kappa shape index (κ2) is 37.4. The van der Waals surface area contributed by atoms with Crippen molar-refractivity contribution < 1.29 is 72.8 Å². The van der Waals surface area contributed by atoms with Crippen molar-refractivity contribution >= 4 is 74.1 Å². The number of alkyl halides is 6. The monoisotopic (exact) mass is 1550 g/mol. The summed E-state index contributed by atoms with van der Waals surface area (Å²) < 4.78 is 139. The second-order valence-electron chi connectivity index (χ2n) is 27.0. The van der Waals surface area contributed by atoms with E-state index in [2.05, 4.69) is 69.7 Å². The Labute approximate surface area is 639 Å². The number of likely N-dealkylation sites (tertiary alicyclic amines) is 2. The number of hydrogen-bond acceptors (Lipinski definition) is 19. The number of pyridine rings is 3. The fourth-order valence-electron chi connectivity index (χ4n) is 13.0. The summed E-state index contributed by atoms with van der Waals surface area (Å²) in [4.78, 5) is 72.0. The Balaban J connectivity index is 0.000000159. The SMILES string of the molecule is CCc1ncc2cc(-c3cc(NC(=O)N4CC[C@H](OC(F)F)C4)c(F)cc3C)cnc2n1.COc1ccc(CN(C)c2ncc3cc(-c4cc(N)c(F)cc4C)cnc3n2)cc1.COc1ccc(CN(C)c2ncc3cc(-c4cc(NC(=O)N5CC[C@H](OC(F)F)C5)c(F)cc4C)cnc3n2)cc1.FC(F)OC1CCCC1. The highest BCUT2D eigenvalue weighted by Crippen LogP contribution is 2.35. The van der Waals surface area contributed by atoms with Crippen LogP contribution in [-0.2, 0) is 33.7 Å². The molecule has 23 nitrogen and oxygen atoms in total. The number of benzene rings is 5. The zero-order valence-corrected chi connectivity index (χ0v) is 62.6. The van der Waals surface area contributed by atoms with Crippen LogP contribution < -0.4 is 35.6 Å². The maximum atomic E-state index is 14.8. The number of nitrogen functional groups attached to an aromatic ring is 1. The van der Waals surface area contributed by atoms with Crippen molar-refractivity contribution in [3.8, 4) is 44.9 Å². The molecule has 14 rings (SSSR count). The summed E-state index contributed by atoms with van der Waals surface area (Å²) in [6, 6.07) is 28.9. The summed E-state index contributed by atoms with van der Waals surface area (Å²) >= 11 is 0. The van der Waals surface area contributed by atoms with E-state index in [0.29, 0.717) is 93.8 Å². The number of fused-ring (bicyclic) bond motifs is 3. The highest BCUT2D eigenvalue weighted by Gasteiger charge is 2.32. The Kier molecular flexibility index (Phi) is 27.2. The molecule has 0 bridgehead atoms. The zero-order valence-electron chi connectivity index (χ0n) is 62.6. The van der Waals surface area contributed by atoms with Gasteiger partial charge in [-0.15, -0.1) is 0 Å². The van der Waals surface area contributed by atoms with E-state index in [1.807, 2.05) is 104 Å². The van der Waals surface area contributed by atoms with Gasteiger partial charge in [0.1, 0.15) is 34.8 Å². The number of carbonyl (C=O) groups is 2. The van der Waals surface area contributed by atoms with Gasteiger partial charge in [0, 0.05) is 130 Å². The molecule has 32 heteroatoms. The number of methoxy groups -OCH3 is 2. The van der Waals surface area contributed by atoms with Crippen LogP contribution in [0.25, 0.3) is 66.5 Å². The lowest BCUT2D eigenvalue weighted by molar-refractivity contribution is -0.160. The predicted octanol–water partition coefficient (Wildman–Crippen LogP) is 16.7. The highest BCUT2D eigenvalue weighted by atomic mass is 19.3. The molecule has 0 unspecified atom stereocenters. The summed E-state index contributed by atoms with van der Waals surface area (Å²) in [6.45, 7) is 0.690. The van der Waals surface area contributed by atoms with Crippen LogP contribution in [0.5, 0.6) is 11.5 Å². The quantitative estimate of drug-likeness (QED) is 0.0473. The molecule has 0 radical (unpaired) electrons. The van der Waals surface area contributed by atoms with E-state index < -0.39 is 61.6 Å². The first-order chi connectivity index (χ1) is 53.8. The summed E-state index contributed by atoms with van der Waals surface area (Å²) in [5.74, 6) is 1.78. The Bertz CT molecular complexity index is 5100. The van der Waals surface area contributed by atoms with E-state index in [1.54, 1.807) is 71.3 Å². The summed E-state index contributed by atoms with van der Waals surface area (Å²) in [5.41, 5.74) is 16.2. The van der Waals surface area contributed by atoms with Crippen LogP contribution in [0.2, 0.25) is 0 Å². The van der Waals surface area contributed by atoms with Crippen LogP contribution in [0.15, 0.2) is 140 Å². The first-order valence-electron chi connectivity index (χ1n) is 35.9. The third kappa shape index (κ3) is 21.3. The highest BCUT2D eigenvalue weighted by molar-refractivity contribution is 5.93. The first-order valence-corrected chi connectivity index (χ1v) is 35.9. The van der Waals surface area contributed by atoms with Gasteiger partial charge in [0.2, 0.25) is 11.9 Å². The lowest BCUT2D eigenvalue weighted by Crippen LogP contribution is -2.34. The number of urea groups is 2. The maximum Gasteiger partial charge on any atom is 0.345 e. The fourth-order valence-corrected chi connectivity index (χ4v) is 13.0. The van der Waals surface area contributed by atoms with Gasteiger partial charge in [-0.3, -0.25) is 0 Å². The van der Waals surface area contributed by atoms with Crippen molar-refractivity contribution in [1.29, 1.82) is 0 Å². The summed E-state index contributed by atoms with van der Waals surface area (Å²) in [7, 11) is 7.10. The average Bonchev–Trinajstić information content (AvgIpc) is 0.896. The summed E-state index contributed by atoms with van der Waals surface area (Å²) in [6.07, 6.45) is 13.5. The van der Waals surface area contributed by atoms with Crippen LogP contribution >= 0.6 is 0 Å². The number of halogens is 9. The number of anilines is 5. The minimum Gasteiger partial charge on any atom is -0.497 e. The van der Waals surface area contributed by atoms with E-state index >= 15 is 0 Å². The van der Waals surface area contributed by atoms with E-state index in [0.717, 1.165) is 81.3 Å². The van der Waals surface area contributed by atoms with Crippen LogP contribution in [0.1, 0.15) is 79.1 Å². The minimum absolute atomic E-state index is 0.00236. The van der Waals surface area contributed by atoms with Gasteiger partial charge < -0.3 is 59.7 Å². The Hall–Kier alpha value is -11.6. The normalized spacial score (nSPS) is 14.8. The second-order valence-corrected chi connectivity index (χ2v) is 27.0. The molecule has 2 saturated heterocycles. The molecule has 4 N–H and O–H groups in total. The molecule has 1 saturated carbocycles. The zero-order chi connectivity index (χ0) is 79.9. The van der Waals surface area contributed by atoms with Crippen LogP contribution in [0.4, 0.5) is 78.1 Å². The molecule has 2 aliphatic heterocycles. The minimum atomic E-state index is -2.91. The average molecular weight is 1550 g/mol. The molecule has 4 amide bonds. The standard InChI is InChI=1S/C29H29F3N6O3.C23H22FN5O.C22H22F3N5O2.C6H10F2O/c1-17-10-24(30)25(35-29(39)38-9-8-22(16-38)41-27(31)32)12-23(17)19-11-20-14-34-28(36-26(20)33-13-19)37(2)15-18-4-6-21(40-3)7-5-18;1-14-8-20(24)21(25)10-19(14)16-9-17-12-27-23(28-22(17)26-11-16)29(2)13-15-4-6-18(30-3)7-5-15;1-3-19-26-10-14-7-13(9-27-20(14)29-19)16-8-18(17(23)6-12(16)2)28-22(31)30-5-4-15(11-30)32-21(24)25;7-6(8)9-5-3-1-2-4-5/h4-7,10-14,22,27H,8-9,15-16H2,1-3H3,(H,35,39);4-12H,13,25H2,1-3H3;6-10,15,21H,3-5,11H2,1-2H3,(H,28,31);5-6H,1-4H2/t22-;;15-;/m0.0./s1.